The molecule has 0 heterocycles. The van der Waals surface area contributed by atoms with Crippen molar-refractivity contribution in [2.45, 2.75) is 32.9 Å². The van der Waals surface area contributed by atoms with Gasteiger partial charge in [0.25, 0.3) is 0 Å². The normalized spacial score (nSPS) is 11.9. The van der Waals surface area contributed by atoms with E-state index in [2.05, 4.69) is 5.32 Å². The second-order valence-corrected chi connectivity index (χ2v) is 9.76. The molecule has 2 amide bonds. The minimum atomic E-state index is -3.87. The van der Waals surface area contributed by atoms with Gasteiger partial charge in [-0.25, -0.2) is 8.42 Å². The number of hydrogen-bond donors (Lipinski definition) is 1. The number of hydrogen-bond acceptors (Lipinski definition) is 6. The fourth-order valence-electron chi connectivity index (χ4n) is 3.56. The summed E-state index contributed by atoms with van der Waals surface area (Å²) in [5.74, 6) is -0.122. The molecular weight excluding hydrogens is 458 g/mol. The maximum Gasteiger partial charge on any atom is 0.244 e. The average Bonchev–Trinajstić information content (AvgIpc) is 2.82. The van der Waals surface area contributed by atoms with Crippen LogP contribution >= 0.6 is 0 Å². The Labute approximate surface area is 201 Å². The molecule has 0 aliphatic carbocycles. The number of amides is 2. The zero-order valence-electron chi connectivity index (χ0n) is 20.5. The fourth-order valence-corrected chi connectivity index (χ4v) is 4.42. The van der Waals surface area contributed by atoms with Crippen molar-refractivity contribution in [2.75, 3.05) is 38.4 Å². The lowest BCUT2D eigenvalue weighted by Crippen LogP contribution is -2.51. The first-order valence-electron chi connectivity index (χ1n) is 10.8. The zero-order chi connectivity index (χ0) is 25.5. The van der Waals surface area contributed by atoms with Crippen molar-refractivity contribution in [1.82, 2.24) is 10.2 Å². The van der Waals surface area contributed by atoms with Crippen LogP contribution in [-0.2, 0) is 26.2 Å². The predicted molar refractivity (Wildman–Crippen MR) is 132 cm³/mol. The van der Waals surface area contributed by atoms with Crippen molar-refractivity contribution in [3.8, 4) is 11.5 Å². The van der Waals surface area contributed by atoms with E-state index in [9.17, 15) is 18.0 Å². The number of carbonyl (C=O) groups is 2. The lowest BCUT2D eigenvalue weighted by molar-refractivity contribution is -0.140. The largest absolute Gasteiger partial charge is 0.497 e. The maximum atomic E-state index is 13.6. The number of methoxy groups -OCH3 is 2. The Morgan fingerprint density at radius 3 is 2.21 bits per heavy atom. The highest BCUT2D eigenvalue weighted by Crippen LogP contribution is 2.33. The second-order valence-electron chi connectivity index (χ2n) is 7.85. The van der Waals surface area contributed by atoms with Crippen LogP contribution in [0.2, 0.25) is 0 Å². The van der Waals surface area contributed by atoms with E-state index in [0.29, 0.717) is 12.2 Å². The van der Waals surface area contributed by atoms with Crippen LogP contribution in [0.3, 0.4) is 0 Å². The highest BCUT2D eigenvalue weighted by molar-refractivity contribution is 7.92. The van der Waals surface area contributed by atoms with E-state index in [1.165, 1.54) is 32.2 Å². The molecule has 0 unspecified atom stereocenters. The third-order valence-electron chi connectivity index (χ3n) is 5.44. The van der Waals surface area contributed by atoms with Crippen molar-refractivity contribution < 1.29 is 27.5 Å². The molecule has 10 heteroatoms. The number of anilines is 1. The molecule has 9 nitrogen and oxygen atoms in total. The molecule has 0 spiro atoms. The van der Waals surface area contributed by atoms with Gasteiger partial charge < -0.3 is 19.7 Å². The number of sulfonamides is 1. The van der Waals surface area contributed by atoms with Crippen LogP contribution < -0.4 is 19.1 Å². The van der Waals surface area contributed by atoms with E-state index >= 15 is 0 Å². The summed E-state index contributed by atoms with van der Waals surface area (Å²) in [5, 5.41) is 2.59. The van der Waals surface area contributed by atoms with E-state index in [-0.39, 0.29) is 23.9 Å². The first-order chi connectivity index (χ1) is 16.0. The monoisotopic (exact) mass is 491 g/mol. The van der Waals surface area contributed by atoms with Crippen LogP contribution in [0.4, 0.5) is 5.69 Å². The van der Waals surface area contributed by atoms with Crippen LogP contribution in [0.15, 0.2) is 42.5 Å². The van der Waals surface area contributed by atoms with E-state index in [1.807, 2.05) is 31.2 Å². The molecule has 0 aliphatic heterocycles. The minimum absolute atomic E-state index is 0.155. The molecule has 0 bridgehead atoms. The molecule has 0 aliphatic rings. The molecule has 1 atom stereocenters. The van der Waals surface area contributed by atoms with E-state index in [1.54, 1.807) is 19.1 Å². The van der Waals surface area contributed by atoms with Crippen LogP contribution in [0, 0.1) is 6.92 Å². The molecule has 2 rings (SSSR count). The van der Waals surface area contributed by atoms with E-state index in [0.717, 1.165) is 21.7 Å². The molecular formula is C24H33N3O6S. The van der Waals surface area contributed by atoms with Gasteiger partial charge in [-0.3, -0.25) is 13.9 Å². The third-order valence-corrected chi connectivity index (χ3v) is 6.57. The highest BCUT2D eigenvalue weighted by Gasteiger charge is 2.32. The SMILES string of the molecule is CC[C@@H](C(=O)NC)N(Cc1ccc(C)cc1)C(=O)CN(c1ccc(OC)cc1OC)S(C)(=O)=O. The summed E-state index contributed by atoms with van der Waals surface area (Å²) in [6.07, 6.45) is 1.38. The van der Waals surface area contributed by atoms with Gasteiger partial charge in [-0.15, -0.1) is 0 Å². The smallest absolute Gasteiger partial charge is 0.244 e. The summed E-state index contributed by atoms with van der Waals surface area (Å²) in [4.78, 5) is 27.6. The van der Waals surface area contributed by atoms with Crippen molar-refractivity contribution in [2.24, 2.45) is 0 Å². The third kappa shape index (κ3) is 6.63. The van der Waals surface area contributed by atoms with Crippen molar-refractivity contribution >= 4 is 27.5 Å². The Kier molecular flexibility index (Phi) is 9.31. The van der Waals surface area contributed by atoms with Gasteiger partial charge >= 0.3 is 0 Å². The molecule has 2 aromatic carbocycles. The number of nitrogens with one attached hydrogen (secondary N) is 1. The molecule has 0 saturated heterocycles. The van der Waals surface area contributed by atoms with Gasteiger partial charge in [0.1, 0.15) is 24.1 Å². The van der Waals surface area contributed by atoms with Gasteiger partial charge in [-0.05, 0) is 31.0 Å². The lowest BCUT2D eigenvalue weighted by Gasteiger charge is -2.33. The number of ether oxygens (including phenoxy) is 2. The van der Waals surface area contributed by atoms with Gasteiger partial charge in [0, 0.05) is 19.7 Å². The lowest BCUT2D eigenvalue weighted by atomic mass is 10.1. The number of nitrogens with zero attached hydrogens (tertiary/aromatic N) is 2. The zero-order valence-corrected chi connectivity index (χ0v) is 21.3. The Hall–Kier alpha value is -3.27. The summed E-state index contributed by atoms with van der Waals surface area (Å²) in [5.41, 5.74) is 2.09. The molecule has 0 radical (unpaired) electrons. The summed E-state index contributed by atoms with van der Waals surface area (Å²) >= 11 is 0. The van der Waals surface area contributed by atoms with Crippen molar-refractivity contribution in [3.63, 3.8) is 0 Å². The summed E-state index contributed by atoms with van der Waals surface area (Å²) in [6.45, 7) is 3.41. The second kappa shape index (κ2) is 11.7. The Morgan fingerprint density at radius 2 is 1.71 bits per heavy atom. The first-order valence-corrected chi connectivity index (χ1v) is 12.7. The van der Waals surface area contributed by atoms with E-state index in [4.69, 9.17) is 9.47 Å². The number of likely N-dealkylation sites (N-methyl/N-ethyl adjacent to an activating group) is 1. The molecule has 186 valence electrons. The van der Waals surface area contributed by atoms with Gasteiger partial charge in [0.15, 0.2) is 0 Å². The molecule has 0 saturated carbocycles. The van der Waals surface area contributed by atoms with E-state index < -0.39 is 28.5 Å². The van der Waals surface area contributed by atoms with Crippen LogP contribution in [0.1, 0.15) is 24.5 Å². The van der Waals surface area contributed by atoms with Crippen LogP contribution in [0.5, 0.6) is 11.5 Å². The molecule has 2 aromatic rings. The summed E-state index contributed by atoms with van der Waals surface area (Å²) in [7, 11) is 0.524. The highest BCUT2D eigenvalue weighted by atomic mass is 32.2. The molecule has 0 fully saturated rings. The summed E-state index contributed by atoms with van der Waals surface area (Å²) in [6, 6.07) is 11.5. The van der Waals surface area contributed by atoms with Gasteiger partial charge in [0.2, 0.25) is 21.8 Å². The van der Waals surface area contributed by atoms with Crippen LogP contribution in [-0.4, -0.2) is 65.2 Å². The number of carbonyl (C=O) groups excluding carboxylic acids is 2. The van der Waals surface area contributed by atoms with Crippen molar-refractivity contribution in [1.29, 1.82) is 0 Å². The van der Waals surface area contributed by atoms with Crippen LogP contribution in [0.25, 0.3) is 0 Å². The number of aryl methyl sites for hydroxylation is 1. The van der Waals surface area contributed by atoms with Gasteiger partial charge in [-0.2, -0.15) is 0 Å². The standard InChI is InChI=1S/C24H33N3O6S/c1-7-20(24(29)25-3)26(15-18-10-8-17(2)9-11-18)23(28)16-27(34(6,30)31)21-13-12-19(32-4)14-22(21)33-5/h8-14,20H,7,15-16H2,1-6H3,(H,25,29)/t20-/m0/s1. The molecule has 0 aromatic heterocycles. The molecule has 34 heavy (non-hydrogen) atoms. The fraction of sp³-hybridized carbons (Fsp3) is 0.417. The Balaban J connectivity index is 2.48. The number of rotatable bonds is 11. The average molecular weight is 492 g/mol. The van der Waals surface area contributed by atoms with Gasteiger partial charge in [-0.1, -0.05) is 36.8 Å². The topological polar surface area (TPSA) is 105 Å². The summed E-state index contributed by atoms with van der Waals surface area (Å²) < 4.78 is 37.0. The minimum Gasteiger partial charge on any atom is -0.497 e. The Bertz CT molecular complexity index is 1100. The quantitative estimate of drug-likeness (QED) is 0.517. The maximum absolute atomic E-state index is 13.6. The van der Waals surface area contributed by atoms with Crippen molar-refractivity contribution in [3.05, 3.63) is 53.6 Å². The Morgan fingerprint density at radius 1 is 1.06 bits per heavy atom. The van der Waals surface area contributed by atoms with Gasteiger partial charge in [0.05, 0.1) is 26.2 Å². The first kappa shape index (κ1) is 27.0. The molecule has 1 N–H and O–H groups in total. The number of benzene rings is 2. The predicted octanol–water partition coefficient (Wildman–Crippen LogP) is 2.33.